The SMILES string of the molecule is CC(C)(O)CC[C@@H](O)[C@](C)(O[C@@H]1O[C@H](CO)[C@H](O)[C@H](O)[C@H]1O)C1CC[C@@]2(O)C3=CC(=O)[C@@H]4C[C@@H](O)[C@@H](O)C[C@]4(C)C3CC[C@]12C. The Kier molecular flexibility index (Phi) is 9.28. The maximum absolute atomic E-state index is 13.6. The summed E-state index contributed by atoms with van der Waals surface area (Å²) < 4.78 is 12.2. The summed E-state index contributed by atoms with van der Waals surface area (Å²) in [7, 11) is 0. The molecule has 4 fully saturated rings. The van der Waals surface area contributed by atoms with Crippen LogP contribution in [0.25, 0.3) is 0 Å². The first-order chi connectivity index (χ1) is 20.7. The summed E-state index contributed by atoms with van der Waals surface area (Å²) >= 11 is 0. The number of hydrogen-bond donors (Lipinski definition) is 9. The number of fused-ring (bicyclic) bond motifs is 5. The minimum Gasteiger partial charge on any atom is -0.394 e. The largest absolute Gasteiger partial charge is 0.394 e. The smallest absolute Gasteiger partial charge is 0.187 e. The predicted octanol–water partition coefficient (Wildman–Crippen LogP) is -0.322. The number of aliphatic hydroxyl groups excluding tert-OH is 7. The minimum absolute atomic E-state index is 0.0895. The molecule has 258 valence electrons. The number of carbonyl (C=O) groups excluding carboxylic acids is 1. The minimum atomic E-state index is -1.71. The molecule has 1 saturated heterocycles. The van der Waals surface area contributed by atoms with Gasteiger partial charge in [0.15, 0.2) is 12.1 Å². The van der Waals surface area contributed by atoms with Crippen molar-refractivity contribution in [3.05, 3.63) is 11.6 Å². The lowest BCUT2D eigenvalue weighted by Crippen LogP contribution is -2.65. The topological polar surface area (TPSA) is 218 Å². The Bertz CT molecular complexity index is 1150. The molecule has 0 bridgehead atoms. The molecule has 1 aliphatic heterocycles. The number of carbonyl (C=O) groups is 1. The van der Waals surface area contributed by atoms with E-state index in [-0.39, 0.29) is 43.8 Å². The molecule has 5 aliphatic rings. The van der Waals surface area contributed by atoms with Gasteiger partial charge in [-0.2, -0.15) is 0 Å². The van der Waals surface area contributed by atoms with Gasteiger partial charge in [-0.1, -0.05) is 13.8 Å². The molecule has 0 aromatic rings. The van der Waals surface area contributed by atoms with E-state index in [0.29, 0.717) is 24.8 Å². The molecule has 45 heavy (non-hydrogen) atoms. The van der Waals surface area contributed by atoms with E-state index in [1.807, 2.05) is 13.8 Å². The van der Waals surface area contributed by atoms with E-state index in [1.54, 1.807) is 26.8 Å². The number of ketones is 1. The van der Waals surface area contributed by atoms with E-state index < -0.39 is 95.1 Å². The summed E-state index contributed by atoms with van der Waals surface area (Å²) in [6.45, 7) is 8.12. The van der Waals surface area contributed by atoms with E-state index >= 15 is 0 Å². The van der Waals surface area contributed by atoms with Gasteiger partial charge in [0.25, 0.3) is 0 Å². The second-order valence-corrected chi connectivity index (χ2v) is 16.0. The highest BCUT2D eigenvalue weighted by Gasteiger charge is 2.70. The maximum atomic E-state index is 13.6. The summed E-state index contributed by atoms with van der Waals surface area (Å²) in [5.74, 6) is -1.43. The zero-order chi connectivity index (χ0) is 33.5. The molecule has 15 atom stereocenters. The third kappa shape index (κ3) is 5.55. The Hall–Kier alpha value is -1.03. The molecule has 5 rings (SSSR count). The molecule has 0 spiro atoms. The van der Waals surface area contributed by atoms with Crippen molar-refractivity contribution in [2.75, 3.05) is 6.61 Å². The molecule has 1 heterocycles. The van der Waals surface area contributed by atoms with Crippen LogP contribution in [-0.4, -0.2) is 124 Å². The van der Waals surface area contributed by atoms with Gasteiger partial charge in [0.1, 0.15) is 24.4 Å². The Balaban J connectivity index is 1.52. The molecule has 3 saturated carbocycles. The van der Waals surface area contributed by atoms with Gasteiger partial charge in [0, 0.05) is 11.3 Å². The van der Waals surface area contributed by atoms with Crippen molar-refractivity contribution < 1.29 is 60.2 Å². The summed E-state index contributed by atoms with van der Waals surface area (Å²) in [4.78, 5) is 13.6. The van der Waals surface area contributed by atoms with Gasteiger partial charge in [-0.3, -0.25) is 4.79 Å². The molecule has 0 radical (unpaired) electrons. The fraction of sp³-hybridized carbons (Fsp3) is 0.909. The second kappa shape index (κ2) is 11.8. The van der Waals surface area contributed by atoms with Gasteiger partial charge in [0.05, 0.1) is 41.7 Å². The average Bonchev–Trinajstić information content (AvgIpc) is 3.24. The van der Waals surface area contributed by atoms with E-state index in [9.17, 15) is 50.8 Å². The zero-order valence-electron chi connectivity index (χ0n) is 27.0. The van der Waals surface area contributed by atoms with Crippen LogP contribution in [0.15, 0.2) is 11.6 Å². The Morgan fingerprint density at radius 1 is 1.00 bits per heavy atom. The van der Waals surface area contributed by atoms with Crippen LogP contribution in [0, 0.1) is 28.6 Å². The summed E-state index contributed by atoms with van der Waals surface area (Å²) in [6.07, 6.45) is -7.06. The quantitative estimate of drug-likeness (QED) is 0.166. The first-order valence-electron chi connectivity index (χ1n) is 16.5. The standard InChI is InChI=1S/C33H54O12/c1-29(2,42)9-8-24(38)32(5,45-28-27(41)26(40)25(39)22(15-34)44-28)23-7-11-33(43)17-12-19(35)18-13-20(36)21(37)14-30(18,3)16(17)6-10-31(23,33)4/h12,16,18,20-28,34,36-43H,6-11,13-15H2,1-5H3/t16?,18-,20+,21-,22+,23?,24+,25-,26-,27+,28-,30+,31+,32+,33+/m0/s1. The lowest BCUT2D eigenvalue weighted by atomic mass is 9.45. The second-order valence-electron chi connectivity index (χ2n) is 16.0. The highest BCUT2D eigenvalue weighted by atomic mass is 16.7. The molecular formula is C33H54O12. The molecule has 12 heteroatoms. The Labute approximate surface area is 264 Å². The third-order valence-electron chi connectivity index (χ3n) is 12.7. The first-order valence-corrected chi connectivity index (χ1v) is 16.5. The van der Waals surface area contributed by atoms with Gasteiger partial charge in [-0.25, -0.2) is 0 Å². The molecule has 0 amide bonds. The van der Waals surface area contributed by atoms with Gasteiger partial charge in [0.2, 0.25) is 0 Å². The summed E-state index contributed by atoms with van der Waals surface area (Å²) in [6, 6.07) is 0. The lowest BCUT2D eigenvalue weighted by molar-refractivity contribution is -0.346. The van der Waals surface area contributed by atoms with Crippen LogP contribution in [0.3, 0.4) is 0 Å². The molecule has 0 aromatic heterocycles. The van der Waals surface area contributed by atoms with Crippen molar-refractivity contribution in [3.8, 4) is 0 Å². The van der Waals surface area contributed by atoms with Gasteiger partial charge in [-0.15, -0.1) is 0 Å². The fourth-order valence-corrected chi connectivity index (χ4v) is 9.87. The fourth-order valence-electron chi connectivity index (χ4n) is 9.87. The highest BCUT2D eigenvalue weighted by molar-refractivity contribution is 5.95. The molecule has 9 N–H and O–H groups in total. The van der Waals surface area contributed by atoms with Crippen LogP contribution in [0.5, 0.6) is 0 Å². The average molecular weight is 643 g/mol. The zero-order valence-corrected chi connectivity index (χ0v) is 27.0. The molecule has 12 nitrogen and oxygen atoms in total. The Morgan fingerprint density at radius 2 is 1.67 bits per heavy atom. The Morgan fingerprint density at radius 3 is 2.29 bits per heavy atom. The van der Waals surface area contributed by atoms with Crippen LogP contribution in [0.4, 0.5) is 0 Å². The van der Waals surface area contributed by atoms with Crippen molar-refractivity contribution in [1.29, 1.82) is 0 Å². The van der Waals surface area contributed by atoms with Crippen LogP contribution in [0.2, 0.25) is 0 Å². The van der Waals surface area contributed by atoms with Gasteiger partial charge < -0.3 is 55.4 Å². The lowest BCUT2D eigenvalue weighted by Gasteiger charge is -2.61. The number of aliphatic hydroxyl groups is 9. The number of ether oxygens (including phenoxy) is 2. The monoisotopic (exact) mass is 642 g/mol. The van der Waals surface area contributed by atoms with Crippen molar-refractivity contribution in [3.63, 3.8) is 0 Å². The van der Waals surface area contributed by atoms with Crippen molar-refractivity contribution in [2.24, 2.45) is 28.6 Å². The third-order valence-corrected chi connectivity index (χ3v) is 12.7. The van der Waals surface area contributed by atoms with Crippen LogP contribution in [0.1, 0.15) is 86.0 Å². The van der Waals surface area contributed by atoms with E-state index in [4.69, 9.17) is 9.47 Å². The van der Waals surface area contributed by atoms with Crippen molar-refractivity contribution in [1.82, 2.24) is 0 Å². The van der Waals surface area contributed by atoms with E-state index in [1.165, 1.54) is 0 Å². The van der Waals surface area contributed by atoms with Crippen LogP contribution in [-0.2, 0) is 14.3 Å². The van der Waals surface area contributed by atoms with E-state index in [0.717, 1.165) is 0 Å². The number of hydrogen-bond acceptors (Lipinski definition) is 12. The summed E-state index contributed by atoms with van der Waals surface area (Å²) in [5, 5.41) is 97.5. The van der Waals surface area contributed by atoms with Gasteiger partial charge >= 0.3 is 0 Å². The number of rotatable bonds is 8. The van der Waals surface area contributed by atoms with Crippen molar-refractivity contribution in [2.45, 2.75) is 152 Å². The first kappa shape index (κ1) is 35.3. The van der Waals surface area contributed by atoms with Crippen LogP contribution >= 0.6 is 0 Å². The van der Waals surface area contributed by atoms with Crippen LogP contribution < -0.4 is 0 Å². The van der Waals surface area contributed by atoms with Crippen molar-refractivity contribution >= 4 is 5.78 Å². The predicted molar refractivity (Wildman–Crippen MR) is 159 cm³/mol. The van der Waals surface area contributed by atoms with E-state index in [2.05, 4.69) is 0 Å². The molecule has 0 aromatic carbocycles. The summed E-state index contributed by atoms with van der Waals surface area (Å²) in [5.41, 5.74) is -5.10. The molecule has 2 unspecified atom stereocenters. The number of allylic oxidation sites excluding steroid dienone is 1. The molecular weight excluding hydrogens is 588 g/mol. The maximum Gasteiger partial charge on any atom is 0.187 e. The van der Waals surface area contributed by atoms with Gasteiger partial charge in [-0.05, 0) is 101 Å². The normalized spacial score (nSPS) is 48.9. The highest BCUT2D eigenvalue weighted by Crippen LogP contribution is 2.69. The molecule has 4 aliphatic carbocycles.